The molecule has 1 rings (SSSR count). The predicted molar refractivity (Wildman–Crippen MR) is 67.2 cm³/mol. The quantitative estimate of drug-likeness (QED) is 0.820. The molecule has 0 saturated carbocycles. The third-order valence-electron chi connectivity index (χ3n) is 3.06. The topological polar surface area (TPSA) is 29.3 Å². The molecule has 2 heteroatoms. The maximum Gasteiger partial charge on any atom is 0.0414 e. The van der Waals surface area contributed by atoms with Crippen molar-refractivity contribution >= 4 is 5.69 Å². The highest BCUT2D eigenvalue weighted by molar-refractivity contribution is 5.54. The van der Waals surface area contributed by atoms with Gasteiger partial charge in [-0.25, -0.2) is 0 Å². The molecule has 0 fully saturated rings. The van der Waals surface area contributed by atoms with Crippen LogP contribution in [-0.2, 0) is 0 Å². The van der Waals surface area contributed by atoms with E-state index in [1.165, 1.54) is 11.3 Å². The van der Waals surface area contributed by atoms with Crippen molar-refractivity contribution in [1.82, 2.24) is 0 Å². The summed E-state index contributed by atoms with van der Waals surface area (Å²) >= 11 is 0. The molecule has 1 aromatic carbocycles. The molecule has 0 radical (unpaired) electrons. The van der Waals surface area contributed by atoms with Gasteiger partial charge in [0.1, 0.15) is 0 Å². The SMILES string of the molecule is CCC(C)N(C)c1ccccc1C(C)N. The summed E-state index contributed by atoms with van der Waals surface area (Å²) in [5.41, 5.74) is 8.44. The van der Waals surface area contributed by atoms with Gasteiger partial charge in [0.2, 0.25) is 0 Å². The van der Waals surface area contributed by atoms with E-state index >= 15 is 0 Å². The monoisotopic (exact) mass is 206 g/mol. The Morgan fingerprint density at radius 3 is 2.40 bits per heavy atom. The van der Waals surface area contributed by atoms with E-state index in [9.17, 15) is 0 Å². The van der Waals surface area contributed by atoms with Crippen LogP contribution in [0.25, 0.3) is 0 Å². The lowest BCUT2D eigenvalue weighted by molar-refractivity contribution is 0.657. The van der Waals surface area contributed by atoms with Gasteiger partial charge in [-0.2, -0.15) is 0 Å². The largest absolute Gasteiger partial charge is 0.372 e. The van der Waals surface area contributed by atoms with Crippen LogP contribution in [0.1, 0.15) is 38.8 Å². The molecule has 0 heterocycles. The van der Waals surface area contributed by atoms with Crippen LogP contribution in [0.5, 0.6) is 0 Å². The molecule has 2 atom stereocenters. The van der Waals surface area contributed by atoms with Crippen molar-refractivity contribution in [2.24, 2.45) is 5.73 Å². The molecule has 0 spiro atoms. The van der Waals surface area contributed by atoms with Crippen LogP contribution in [0, 0.1) is 0 Å². The molecule has 0 aliphatic carbocycles. The molecule has 0 amide bonds. The van der Waals surface area contributed by atoms with E-state index in [4.69, 9.17) is 5.73 Å². The number of para-hydroxylation sites is 1. The van der Waals surface area contributed by atoms with Crippen molar-refractivity contribution in [3.05, 3.63) is 29.8 Å². The summed E-state index contributed by atoms with van der Waals surface area (Å²) in [5, 5.41) is 0. The standard InChI is InChI=1S/C13H22N2/c1-5-10(2)15(4)13-9-7-6-8-12(13)11(3)14/h6-11H,5,14H2,1-4H3. The van der Waals surface area contributed by atoms with Gasteiger partial charge in [0.05, 0.1) is 0 Å². The van der Waals surface area contributed by atoms with E-state index in [2.05, 4.69) is 44.0 Å². The second-order valence-corrected chi connectivity index (χ2v) is 4.22. The molecule has 2 nitrogen and oxygen atoms in total. The van der Waals surface area contributed by atoms with Gasteiger partial charge in [0, 0.05) is 24.8 Å². The minimum Gasteiger partial charge on any atom is -0.372 e. The van der Waals surface area contributed by atoms with Gasteiger partial charge in [0.25, 0.3) is 0 Å². The first-order valence-electron chi connectivity index (χ1n) is 5.65. The van der Waals surface area contributed by atoms with Crippen LogP contribution in [-0.4, -0.2) is 13.1 Å². The first-order valence-corrected chi connectivity index (χ1v) is 5.65. The molecule has 0 aliphatic heterocycles. The second-order valence-electron chi connectivity index (χ2n) is 4.22. The summed E-state index contributed by atoms with van der Waals surface area (Å²) in [6.45, 7) is 6.47. The molecule has 0 saturated heterocycles. The Bertz CT molecular complexity index is 307. The van der Waals surface area contributed by atoms with E-state index in [0.29, 0.717) is 6.04 Å². The molecule has 1 aromatic rings. The highest BCUT2D eigenvalue weighted by Crippen LogP contribution is 2.25. The van der Waals surface area contributed by atoms with Crippen LogP contribution < -0.4 is 10.6 Å². The molecule has 0 aromatic heterocycles. The summed E-state index contributed by atoms with van der Waals surface area (Å²) in [6, 6.07) is 9.01. The molecule has 0 aliphatic rings. The van der Waals surface area contributed by atoms with Gasteiger partial charge < -0.3 is 10.6 Å². The zero-order valence-corrected chi connectivity index (χ0v) is 10.2. The molecular formula is C13H22N2. The maximum absolute atomic E-state index is 5.97. The second kappa shape index (κ2) is 5.17. The number of benzene rings is 1. The first kappa shape index (κ1) is 12.1. The van der Waals surface area contributed by atoms with E-state index in [1.807, 2.05) is 13.0 Å². The molecule has 0 bridgehead atoms. The summed E-state index contributed by atoms with van der Waals surface area (Å²) in [5.74, 6) is 0. The Morgan fingerprint density at radius 1 is 1.27 bits per heavy atom. The molecule has 84 valence electrons. The summed E-state index contributed by atoms with van der Waals surface area (Å²) in [7, 11) is 2.13. The van der Waals surface area contributed by atoms with Gasteiger partial charge in [-0.05, 0) is 31.9 Å². The highest BCUT2D eigenvalue weighted by Gasteiger charge is 2.13. The normalized spacial score (nSPS) is 14.7. The van der Waals surface area contributed by atoms with Crippen molar-refractivity contribution in [3.8, 4) is 0 Å². The minimum absolute atomic E-state index is 0.0905. The lowest BCUT2D eigenvalue weighted by Crippen LogP contribution is -2.29. The fourth-order valence-corrected chi connectivity index (χ4v) is 1.71. The Labute approximate surface area is 93.1 Å². The van der Waals surface area contributed by atoms with E-state index in [-0.39, 0.29) is 6.04 Å². The lowest BCUT2D eigenvalue weighted by Gasteiger charge is -2.29. The van der Waals surface area contributed by atoms with Crippen molar-refractivity contribution < 1.29 is 0 Å². The van der Waals surface area contributed by atoms with E-state index < -0.39 is 0 Å². The predicted octanol–water partition coefficient (Wildman–Crippen LogP) is 2.94. The summed E-state index contributed by atoms with van der Waals surface area (Å²) in [4.78, 5) is 2.30. The van der Waals surface area contributed by atoms with Crippen molar-refractivity contribution in [1.29, 1.82) is 0 Å². The molecular weight excluding hydrogens is 184 g/mol. The van der Waals surface area contributed by atoms with Crippen molar-refractivity contribution in [3.63, 3.8) is 0 Å². The fourth-order valence-electron chi connectivity index (χ4n) is 1.71. The van der Waals surface area contributed by atoms with Crippen molar-refractivity contribution in [2.75, 3.05) is 11.9 Å². The number of nitrogens with two attached hydrogens (primary N) is 1. The fraction of sp³-hybridized carbons (Fsp3) is 0.538. The van der Waals surface area contributed by atoms with Gasteiger partial charge in [-0.15, -0.1) is 0 Å². The average Bonchev–Trinajstić information content (AvgIpc) is 2.27. The van der Waals surface area contributed by atoms with Gasteiger partial charge in [-0.3, -0.25) is 0 Å². The van der Waals surface area contributed by atoms with Crippen LogP contribution in [0.15, 0.2) is 24.3 Å². The minimum atomic E-state index is 0.0905. The summed E-state index contributed by atoms with van der Waals surface area (Å²) < 4.78 is 0. The third-order valence-corrected chi connectivity index (χ3v) is 3.06. The molecule has 2 unspecified atom stereocenters. The van der Waals surface area contributed by atoms with Gasteiger partial charge in [-0.1, -0.05) is 25.1 Å². The Hall–Kier alpha value is -1.02. The zero-order chi connectivity index (χ0) is 11.4. The number of anilines is 1. The average molecular weight is 206 g/mol. The smallest absolute Gasteiger partial charge is 0.0414 e. The lowest BCUT2D eigenvalue weighted by atomic mass is 10.0. The Kier molecular flexibility index (Phi) is 4.15. The number of nitrogens with zero attached hydrogens (tertiary/aromatic N) is 1. The van der Waals surface area contributed by atoms with E-state index in [0.717, 1.165) is 6.42 Å². The molecule has 2 N–H and O–H groups in total. The van der Waals surface area contributed by atoms with Gasteiger partial charge in [0.15, 0.2) is 0 Å². The van der Waals surface area contributed by atoms with Crippen LogP contribution >= 0.6 is 0 Å². The summed E-state index contributed by atoms with van der Waals surface area (Å²) in [6.07, 6.45) is 1.14. The Balaban J connectivity index is 3.02. The maximum atomic E-state index is 5.97. The number of hydrogen-bond acceptors (Lipinski definition) is 2. The van der Waals surface area contributed by atoms with Crippen molar-refractivity contribution in [2.45, 2.75) is 39.3 Å². The number of hydrogen-bond donors (Lipinski definition) is 1. The van der Waals surface area contributed by atoms with Crippen LogP contribution in [0.2, 0.25) is 0 Å². The Morgan fingerprint density at radius 2 is 1.87 bits per heavy atom. The van der Waals surface area contributed by atoms with Crippen LogP contribution in [0.3, 0.4) is 0 Å². The van der Waals surface area contributed by atoms with E-state index in [1.54, 1.807) is 0 Å². The molecule has 15 heavy (non-hydrogen) atoms. The third kappa shape index (κ3) is 2.72. The highest BCUT2D eigenvalue weighted by atomic mass is 15.1. The zero-order valence-electron chi connectivity index (χ0n) is 10.2. The first-order chi connectivity index (χ1) is 7.07. The van der Waals surface area contributed by atoms with Crippen LogP contribution in [0.4, 0.5) is 5.69 Å². The number of rotatable bonds is 4. The van der Waals surface area contributed by atoms with Gasteiger partial charge >= 0.3 is 0 Å².